The summed E-state index contributed by atoms with van der Waals surface area (Å²) in [6.45, 7) is 1.65. The number of phenols is 2. The zero-order chi connectivity index (χ0) is 16.1. The maximum Gasteiger partial charge on any atom is 0.203 e. The lowest BCUT2D eigenvalue weighted by Crippen LogP contribution is -2.12. The van der Waals surface area contributed by atoms with Crippen LogP contribution in [-0.2, 0) is 6.42 Å². The van der Waals surface area contributed by atoms with Gasteiger partial charge in [-0.25, -0.2) is 0 Å². The molecule has 0 radical (unpaired) electrons. The van der Waals surface area contributed by atoms with E-state index in [-0.39, 0.29) is 29.5 Å². The Labute approximate surface area is 128 Å². The Morgan fingerprint density at radius 1 is 1.05 bits per heavy atom. The third kappa shape index (κ3) is 3.49. The first kappa shape index (κ1) is 15.7. The van der Waals surface area contributed by atoms with Gasteiger partial charge in [-0.05, 0) is 42.3 Å². The number of aryl methyl sites for hydroxylation is 1. The number of ketones is 1. The minimum atomic E-state index is -0.358. The molecule has 0 bridgehead atoms. The van der Waals surface area contributed by atoms with Crippen molar-refractivity contribution in [1.82, 2.24) is 0 Å². The van der Waals surface area contributed by atoms with Crippen LogP contribution in [-0.4, -0.2) is 29.7 Å². The van der Waals surface area contributed by atoms with E-state index in [1.165, 1.54) is 12.1 Å². The van der Waals surface area contributed by atoms with Crippen molar-refractivity contribution in [3.05, 3.63) is 47.5 Å². The van der Waals surface area contributed by atoms with Crippen molar-refractivity contribution >= 4 is 5.78 Å². The van der Waals surface area contributed by atoms with Crippen LogP contribution in [0.4, 0.5) is 0 Å². The fourth-order valence-electron chi connectivity index (χ4n) is 2.03. The Hall–Kier alpha value is -2.69. The molecule has 0 aliphatic rings. The standard InChI is InChI=1S/C17H18O5/c1-3-11-8-14(16(19)9-15(11)18)17(20)10-22-13-6-4-12(21-2)5-7-13/h4-9,18-19H,3,10H2,1-2H3. The van der Waals surface area contributed by atoms with Crippen LogP contribution >= 0.6 is 0 Å². The van der Waals surface area contributed by atoms with Crippen molar-refractivity contribution in [3.63, 3.8) is 0 Å². The average molecular weight is 302 g/mol. The van der Waals surface area contributed by atoms with Crippen LogP contribution in [0.15, 0.2) is 36.4 Å². The van der Waals surface area contributed by atoms with Gasteiger partial charge in [0.05, 0.1) is 12.7 Å². The zero-order valence-electron chi connectivity index (χ0n) is 12.5. The second kappa shape index (κ2) is 6.85. The molecule has 0 unspecified atom stereocenters. The monoisotopic (exact) mass is 302 g/mol. The number of rotatable bonds is 6. The summed E-state index contributed by atoms with van der Waals surface area (Å²) < 4.78 is 10.4. The third-order valence-electron chi connectivity index (χ3n) is 3.31. The highest BCUT2D eigenvalue weighted by Gasteiger charge is 2.15. The molecule has 5 nitrogen and oxygen atoms in total. The Kier molecular flexibility index (Phi) is 4.88. The number of carbonyl (C=O) groups is 1. The van der Waals surface area contributed by atoms with Crippen molar-refractivity contribution in [2.75, 3.05) is 13.7 Å². The molecule has 2 N–H and O–H groups in total. The van der Waals surface area contributed by atoms with E-state index in [2.05, 4.69) is 0 Å². The lowest BCUT2D eigenvalue weighted by atomic mass is 10.0. The molecule has 0 spiro atoms. The highest BCUT2D eigenvalue weighted by Crippen LogP contribution is 2.28. The summed E-state index contributed by atoms with van der Waals surface area (Å²) in [7, 11) is 1.57. The molecule has 0 fully saturated rings. The highest BCUT2D eigenvalue weighted by atomic mass is 16.5. The van der Waals surface area contributed by atoms with Crippen LogP contribution in [0.1, 0.15) is 22.8 Å². The lowest BCUT2D eigenvalue weighted by Gasteiger charge is -2.10. The van der Waals surface area contributed by atoms with Gasteiger partial charge in [0.1, 0.15) is 23.0 Å². The van der Waals surface area contributed by atoms with Crippen LogP contribution in [0.3, 0.4) is 0 Å². The van der Waals surface area contributed by atoms with E-state index >= 15 is 0 Å². The van der Waals surface area contributed by atoms with Gasteiger partial charge < -0.3 is 19.7 Å². The molecular weight excluding hydrogens is 284 g/mol. The zero-order valence-corrected chi connectivity index (χ0v) is 12.5. The first-order valence-electron chi connectivity index (χ1n) is 6.90. The highest BCUT2D eigenvalue weighted by molar-refractivity contribution is 6.00. The fourth-order valence-corrected chi connectivity index (χ4v) is 2.03. The molecule has 0 saturated carbocycles. The fraction of sp³-hybridized carbons (Fsp3) is 0.235. The van der Waals surface area contributed by atoms with Crippen LogP contribution in [0.5, 0.6) is 23.0 Å². The number of benzene rings is 2. The molecule has 0 aliphatic heterocycles. The molecule has 22 heavy (non-hydrogen) atoms. The van der Waals surface area contributed by atoms with Crippen LogP contribution in [0, 0.1) is 0 Å². The number of hydrogen-bond acceptors (Lipinski definition) is 5. The predicted molar refractivity (Wildman–Crippen MR) is 82.0 cm³/mol. The predicted octanol–water partition coefficient (Wildman–Crippen LogP) is 2.93. The lowest BCUT2D eigenvalue weighted by molar-refractivity contribution is 0.0918. The first-order chi connectivity index (χ1) is 10.5. The summed E-state index contributed by atoms with van der Waals surface area (Å²) in [6.07, 6.45) is 0.561. The maximum atomic E-state index is 12.2. The van der Waals surface area contributed by atoms with Gasteiger partial charge in [0.2, 0.25) is 5.78 Å². The molecule has 0 aromatic heterocycles. The van der Waals surface area contributed by atoms with E-state index < -0.39 is 0 Å². The van der Waals surface area contributed by atoms with Gasteiger partial charge in [0, 0.05) is 6.07 Å². The van der Waals surface area contributed by atoms with Crippen LogP contribution in [0.25, 0.3) is 0 Å². The van der Waals surface area contributed by atoms with Crippen LogP contribution < -0.4 is 9.47 Å². The van der Waals surface area contributed by atoms with Gasteiger partial charge in [0.25, 0.3) is 0 Å². The second-order valence-corrected chi connectivity index (χ2v) is 4.74. The van der Waals surface area contributed by atoms with Gasteiger partial charge in [0.15, 0.2) is 6.61 Å². The molecule has 0 amide bonds. The number of carbonyl (C=O) groups excluding carboxylic acids is 1. The van der Waals surface area contributed by atoms with Gasteiger partial charge in [-0.3, -0.25) is 4.79 Å². The molecule has 2 rings (SSSR count). The first-order valence-corrected chi connectivity index (χ1v) is 6.90. The summed E-state index contributed by atoms with van der Waals surface area (Å²) in [5, 5.41) is 19.4. The summed E-state index contributed by atoms with van der Waals surface area (Å²) in [5.41, 5.74) is 0.744. The minimum absolute atomic E-state index is 0.0207. The van der Waals surface area contributed by atoms with Gasteiger partial charge in [-0.1, -0.05) is 6.92 Å². The number of hydrogen-bond donors (Lipinski definition) is 2. The summed E-state index contributed by atoms with van der Waals surface area (Å²) in [4.78, 5) is 12.2. The number of ether oxygens (including phenoxy) is 2. The minimum Gasteiger partial charge on any atom is -0.508 e. The largest absolute Gasteiger partial charge is 0.508 e. The van der Waals surface area contributed by atoms with E-state index in [4.69, 9.17) is 9.47 Å². The second-order valence-electron chi connectivity index (χ2n) is 4.74. The molecule has 2 aromatic rings. The van der Waals surface area contributed by atoms with Crippen molar-refractivity contribution in [1.29, 1.82) is 0 Å². The SMILES string of the molecule is CCc1cc(C(=O)COc2ccc(OC)cc2)c(O)cc1O. The van der Waals surface area contributed by atoms with E-state index in [9.17, 15) is 15.0 Å². The number of Topliss-reactive ketones (excluding diaryl/α,β-unsaturated/α-hetero) is 1. The molecule has 0 aliphatic carbocycles. The number of methoxy groups -OCH3 is 1. The summed E-state index contributed by atoms with van der Waals surface area (Å²) in [6, 6.07) is 9.52. The van der Waals surface area contributed by atoms with E-state index in [0.717, 1.165) is 0 Å². The molecule has 5 heteroatoms. The van der Waals surface area contributed by atoms with Gasteiger partial charge in [-0.15, -0.1) is 0 Å². The third-order valence-corrected chi connectivity index (χ3v) is 3.31. The van der Waals surface area contributed by atoms with Gasteiger partial charge >= 0.3 is 0 Å². The van der Waals surface area contributed by atoms with Crippen molar-refractivity contribution in [2.45, 2.75) is 13.3 Å². The smallest absolute Gasteiger partial charge is 0.203 e. The van der Waals surface area contributed by atoms with E-state index in [0.29, 0.717) is 23.5 Å². The Morgan fingerprint density at radius 3 is 2.27 bits per heavy atom. The van der Waals surface area contributed by atoms with Crippen molar-refractivity contribution in [3.8, 4) is 23.0 Å². The van der Waals surface area contributed by atoms with Crippen molar-refractivity contribution in [2.24, 2.45) is 0 Å². The quantitative estimate of drug-likeness (QED) is 0.802. The molecule has 0 saturated heterocycles. The molecular formula is C17H18O5. The van der Waals surface area contributed by atoms with Crippen LogP contribution in [0.2, 0.25) is 0 Å². The Bertz CT molecular complexity index is 661. The Morgan fingerprint density at radius 2 is 1.68 bits per heavy atom. The summed E-state index contributed by atoms with van der Waals surface area (Å²) >= 11 is 0. The Balaban J connectivity index is 2.08. The maximum absolute atomic E-state index is 12.2. The topological polar surface area (TPSA) is 76.0 Å². The van der Waals surface area contributed by atoms with E-state index in [1.807, 2.05) is 6.92 Å². The average Bonchev–Trinajstić information content (AvgIpc) is 2.53. The van der Waals surface area contributed by atoms with Gasteiger partial charge in [-0.2, -0.15) is 0 Å². The normalized spacial score (nSPS) is 10.3. The molecule has 0 heterocycles. The molecule has 2 aromatic carbocycles. The summed E-state index contributed by atoms with van der Waals surface area (Å²) in [5.74, 6) is 0.597. The molecule has 116 valence electrons. The number of aromatic hydroxyl groups is 2. The van der Waals surface area contributed by atoms with E-state index in [1.54, 1.807) is 31.4 Å². The van der Waals surface area contributed by atoms with Crippen molar-refractivity contribution < 1.29 is 24.5 Å². The molecule has 0 atom stereocenters. The number of phenolic OH excluding ortho intramolecular Hbond substituents is 2.